The lowest BCUT2D eigenvalue weighted by atomic mass is 10.3. The van der Waals surface area contributed by atoms with Gasteiger partial charge >= 0.3 is 0 Å². The lowest BCUT2D eigenvalue weighted by molar-refractivity contribution is 0.139. The molecule has 0 saturated carbocycles. The third-order valence-electron chi connectivity index (χ3n) is 3.79. The summed E-state index contributed by atoms with van der Waals surface area (Å²) in [7, 11) is -2.19. The van der Waals surface area contributed by atoms with Crippen LogP contribution in [-0.2, 0) is 21.3 Å². The van der Waals surface area contributed by atoms with Crippen LogP contribution in [0, 0.1) is 0 Å². The quantitative estimate of drug-likeness (QED) is 0.580. The summed E-state index contributed by atoms with van der Waals surface area (Å²) in [6.45, 7) is 3.52. The topological polar surface area (TPSA) is 69.9 Å². The molecule has 0 fully saturated rings. The summed E-state index contributed by atoms with van der Waals surface area (Å²) in [6, 6.07) is 13.9. The first-order valence-electron chi connectivity index (χ1n) is 8.16. The number of nitrogens with zero attached hydrogens (tertiary/aromatic N) is 2. The second-order valence-corrected chi connectivity index (χ2v) is 8.06. The third-order valence-corrected chi connectivity index (χ3v) is 6.23. The molecule has 8 heteroatoms. The molecule has 1 aromatic heterocycles. The number of ether oxygens (including phenoxy) is 2. The van der Waals surface area contributed by atoms with Gasteiger partial charge in [-0.25, -0.2) is 0 Å². The Bertz CT molecular complexity index is 1050. The van der Waals surface area contributed by atoms with Gasteiger partial charge in [-0.15, -0.1) is 4.40 Å². The number of methoxy groups -OCH3 is 1. The molecule has 26 heavy (non-hydrogen) atoms. The van der Waals surface area contributed by atoms with Crippen LogP contribution in [0.4, 0.5) is 0 Å². The summed E-state index contributed by atoms with van der Waals surface area (Å²) in [4.78, 5) is 0.586. The predicted octanol–water partition coefficient (Wildman–Crippen LogP) is 3.04. The molecular weight excluding hydrogens is 372 g/mol. The first kappa shape index (κ1) is 18.6. The highest BCUT2D eigenvalue weighted by atomic mass is 32.2. The van der Waals surface area contributed by atoms with Crippen molar-refractivity contribution in [2.45, 2.75) is 18.4 Å². The minimum absolute atomic E-state index is 0.173. The van der Waals surface area contributed by atoms with Gasteiger partial charge in [-0.1, -0.05) is 29.5 Å². The van der Waals surface area contributed by atoms with Gasteiger partial charge in [-0.05, 0) is 37.3 Å². The molecule has 0 unspecified atom stereocenters. The Kier molecular flexibility index (Phi) is 5.75. The smallest absolute Gasteiger partial charge is 0.285 e. The SMILES string of the molecule is CCOCCn1/c(=N/S(=O)(=O)c2ccccc2)sc2cc(OC)ccc21. The zero-order chi connectivity index (χ0) is 18.6. The molecule has 0 atom stereocenters. The molecule has 0 aliphatic carbocycles. The van der Waals surface area contributed by atoms with Crippen LogP contribution in [0.5, 0.6) is 5.75 Å². The Labute approximate surface area is 156 Å². The van der Waals surface area contributed by atoms with Crippen molar-refractivity contribution in [3.63, 3.8) is 0 Å². The predicted molar refractivity (Wildman–Crippen MR) is 102 cm³/mol. The van der Waals surface area contributed by atoms with Crippen LogP contribution in [0.2, 0.25) is 0 Å². The molecule has 2 aromatic carbocycles. The van der Waals surface area contributed by atoms with E-state index in [9.17, 15) is 8.42 Å². The van der Waals surface area contributed by atoms with E-state index in [0.29, 0.717) is 30.3 Å². The average Bonchev–Trinajstić information content (AvgIpc) is 2.98. The van der Waals surface area contributed by atoms with Crippen molar-refractivity contribution in [1.82, 2.24) is 4.57 Å². The zero-order valence-corrected chi connectivity index (χ0v) is 16.2. The monoisotopic (exact) mass is 392 g/mol. The van der Waals surface area contributed by atoms with Crippen molar-refractivity contribution in [1.29, 1.82) is 0 Å². The largest absolute Gasteiger partial charge is 0.497 e. The molecule has 0 N–H and O–H groups in total. The third kappa shape index (κ3) is 3.98. The first-order valence-corrected chi connectivity index (χ1v) is 10.4. The van der Waals surface area contributed by atoms with Crippen molar-refractivity contribution in [3.8, 4) is 5.75 Å². The van der Waals surface area contributed by atoms with Gasteiger partial charge in [0, 0.05) is 13.2 Å². The standard InChI is InChI=1S/C18H20N2O4S2/c1-3-24-12-11-20-16-10-9-14(23-2)13-17(16)25-18(20)19-26(21,22)15-7-5-4-6-8-15/h4-10,13H,3,11-12H2,1-2H3/b19-18-. The van der Waals surface area contributed by atoms with Crippen molar-refractivity contribution in [2.75, 3.05) is 20.3 Å². The zero-order valence-electron chi connectivity index (χ0n) is 14.6. The molecule has 0 spiro atoms. The fourth-order valence-electron chi connectivity index (χ4n) is 2.51. The second kappa shape index (κ2) is 8.03. The number of rotatable bonds is 7. The normalized spacial score (nSPS) is 12.6. The maximum atomic E-state index is 12.7. The van der Waals surface area contributed by atoms with Crippen LogP contribution in [0.15, 0.2) is 57.8 Å². The van der Waals surface area contributed by atoms with E-state index in [2.05, 4.69) is 4.40 Å². The van der Waals surface area contributed by atoms with Gasteiger partial charge < -0.3 is 14.0 Å². The average molecular weight is 393 g/mol. The maximum Gasteiger partial charge on any atom is 0.285 e. The van der Waals surface area contributed by atoms with E-state index in [0.717, 1.165) is 10.2 Å². The van der Waals surface area contributed by atoms with Crippen molar-refractivity contribution in [2.24, 2.45) is 4.40 Å². The van der Waals surface area contributed by atoms with E-state index in [1.165, 1.54) is 11.3 Å². The number of benzene rings is 2. The summed E-state index contributed by atoms with van der Waals surface area (Å²) in [6.07, 6.45) is 0. The Morgan fingerprint density at radius 3 is 2.62 bits per heavy atom. The minimum Gasteiger partial charge on any atom is -0.497 e. The Morgan fingerprint density at radius 2 is 1.92 bits per heavy atom. The number of hydrogen-bond acceptors (Lipinski definition) is 5. The Morgan fingerprint density at radius 1 is 1.15 bits per heavy atom. The molecular formula is C18H20N2O4S2. The molecule has 0 saturated heterocycles. The van der Waals surface area contributed by atoms with E-state index in [1.807, 2.05) is 29.7 Å². The van der Waals surface area contributed by atoms with Crippen molar-refractivity contribution in [3.05, 3.63) is 53.3 Å². The van der Waals surface area contributed by atoms with Crippen molar-refractivity contribution < 1.29 is 17.9 Å². The first-order chi connectivity index (χ1) is 12.5. The number of sulfonamides is 1. The molecule has 0 aliphatic rings. The maximum absolute atomic E-state index is 12.7. The highest BCUT2D eigenvalue weighted by Gasteiger charge is 2.14. The molecule has 0 bridgehead atoms. The van der Waals surface area contributed by atoms with Gasteiger partial charge in [0.2, 0.25) is 4.80 Å². The van der Waals surface area contributed by atoms with Gasteiger partial charge in [0.1, 0.15) is 5.75 Å². The molecule has 1 heterocycles. The summed E-state index contributed by atoms with van der Waals surface area (Å²) < 4.78 is 42.9. The van der Waals surface area contributed by atoms with Crippen LogP contribution in [0.1, 0.15) is 6.92 Å². The summed E-state index contributed by atoms with van der Waals surface area (Å²) >= 11 is 1.31. The molecule has 6 nitrogen and oxygen atoms in total. The van der Waals surface area contributed by atoms with Gasteiger partial charge in [0.05, 0.1) is 28.8 Å². The van der Waals surface area contributed by atoms with Crippen LogP contribution in [-0.4, -0.2) is 33.3 Å². The minimum atomic E-state index is -3.79. The fraction of sp³-hybridized carbons (Fsp3) is 0.278. The Balaban J connectivity index is 2.15. The Hall–Kier alpha value is -2.16. The number of fused-ring (bicyclic) bond motifs is 1. The second-order valence-electron chi connectivity index (χ2n) is 5.45. The van der Waals surface area contributed by atoms with E-state index in [4.69, 9.17) is 9.47 Å². The van der Waals surface area contributed by atoms with E-state index < -0.39 is 10.0 Å². The van der Waals surface area contributed by atoms with Crippen LogP contribution < -0.4 is 9.54 Å². The number of aromatic nitrogens is 1. The van der Waals surface area contributed by atoms with Gasteiger partial charge in [-0.3, -0.25) is 0 Å². The van der Waals surface area contributed by atoms with Crippen LogP contribution in [0.25, 0.3) is 10.2 Å². The van der Waals surface area contributed by atoms with E-state index in [1.54, 1.807) is 37.4 Å². The fourth-order valence-corrected chi connectivity index (χ4v) is 4.82. The number of thiazole rings is 1. The summed E-state index contributed by atoms with van der Waals surface area (Å²) in [5.74, 6) is 0.716. The molecule has 0 radical (unpaired) electrons. The van der Waals surface area contributed by atoms with Gasteiger partial charge in [-0.2, -0.15) is 8.42 Å². The molecule has 138 valence electrons. The summed E-state index contributed by atoms with van der Waals surface area (Å²) in [5, 5.41) is 0. The van der Waals surface area contributed by atoms with Gasteiger partial charge in [0.15, 0.2) is 0 Å². The lowest BCUT2D eigenvalue weighted by Gasteiger charge is -2.06. The van der Waals surface area contributed by atoms with Crippen molar-refractivity contribution >= 4 is 31.6 Å². The lowest BCUT2D eigenvalue weighted by Crippen LogP contribution is -2.19. The molecule has 3 aromatic rings. The van der Waals surface area contributed by atoms with E-state index in [-0.39, 0.29) is 4.90 Å². The molecule has 0 amide bonds. The highest BCUT2D eigenvalue weighted by Crippen LogP contribution is 2.23. The molecule has 3 rings (SSSR count). The van der Waals surface area contributed by atoms with E-state index >= 15 is 0 Å². The van der Waals surface area contributed by atoms with Gasteiger partial charge in [0.25, 0.3) is 10.0 Å². The van der Waals surface area contributed by atoms with Crippen LogP contribution >= 0.6 is 11.3 Å². The summed E-state index contributed by atoms with van der Waals surface area (Å²) in [5.41, 5.74) is 0.900. The molecule has 0 aliphatic heterocycles. The highest BCUT2D eigenvalue weighted by molar-refractivity contribution is 7.90. The number of hydrogen-bond donors (Lipinski definition) is 0. The van der Waals surface area contributed by atoms with Crippen LogP contribution in [0.3, 0.4) is 0 Å².